The van der Waals surface area contributed by atoms with Crippen LogP contribution in [-0.4, -0.2) is 54.6 Å². The Labute approximate surface area is 107 Å². The molecule has 0 aromatic heterocycles. The summed E-state index contributed by atoms with van der Waals surface area (Å²) < 4.78 is 0. The third-order valence-corrected chi connectivity index (χ3v) is 2.66. The normalized spacial score (nSPS) is 10.8. The van der Waals surface area contributed by atoms with Crippen molar-refractivity contribution in [3.05, 3.63) is 23.8 Å². The van der Waals surface area contributed by atoms with Gasteiger partial charge in [-0.25, -0.2) is 0 Å². The molecule has 0 aliphatic rings. The highest BCUT2D eigenvalue weighted by molar-refractivity contribution is 6.00. The van der Waals surface area contributed by atoms with E-state index in [1.54, 1.807) is 0 Å². The van der Waals surface area contributed by atoms with Crippen molar-refractivity contribution in [1.29, 1.82) is 0 Å². The minimum atomic E-state index is -0.177. The van der Waals surface area contributed by atoms with Gasteiger partial charge in [0, 0.05) is 6.07 Å². The first-order chi connectivity index (χ1) is 8.54. The molecule has 0 radical (unpaired) electrons. The summed E-state index contributed by atoms with van der Waals surface area (Å²) in [5.74, 6) is -0.380. The van der Waals surface area contributed by atoms with Crippen molar-refractivity contribution in [3.63, 3.8) is 0 Å². The Morgan fingerprint density at radius 3 is 2.72 bits per heavy atom. The molecule has 1 aromatic rings. The number of phenolic OH excluding ortho intramolecular Hbond substituents is 2. The molecule has 0 heterocycles. The van der Waals surface area contributed by atoms with Crippen molar-refractivity contribution in [2.24, 2.45) is 0 Å². The van der Waals surface area contributed by atoms with E-state index in [4.69, 9.17) is 5.11 Å². The maximum Gasteiger partial charge on any atom is 0.180 e. The Morgan fingerprint density at radius 2 is 2.11 bits per heavy atom. The van der Waals surface area contributed by atoms with E-state index in [1.807, 2.05) is 19.0 Å². The molecule has 0 aliphatic carbocycles. The van der Waals surface area contributed by atoms with Crippen LogP contribution in [0.3, 0.4) is 0 Å². The highest BCUT2D eigenvalue weighted by Gasteiger charge is 2.13. The molecule has 1 rings (SSSR count). The maximum absolute atomic E-state index is 11.9. The Kier molecular flexibility index (Phi) is 5.61. The number of Topliss-reactive ketones (excluding diaryl/α,β-unsaturated/α-hetero) is 1. The Hall–Kier alpha value is -1.59. The fraction of sp³-hybridized carbons (Fsp3) is 0.462. The number of phenols is 2. The van der Waals surface area contributed by atoms with Gasteiger partial charge in [-0.2, -0.15) is 0 Å². The molecule has 0 saturated heterocycles. The monoisotopic (exact) mass is 252 g/mol. The van der Waals surface area contributed by atoms with Crippen molar-refractivity contribution < 1.29 is 15.0 Å². The summed E-state index contributed by atoms with van der Waals surface area (Å²) in [6, 6.07) is 4.01. The second-order valence-electron chi connectivity index (χ2n) is 4.32. The largest absolute Gasteiger partial charge is 0.508 e. The summed E-state index contributed by atoms with van der Waals surface area (Å²) in [6.07, 6.45) is 0.960. The molecule has 0 saturated carbocycles. The molecule has 100 valence electrons. The fourth-order valence-electron chi connectivity index (χ4n) is 1.69. The van der Waals surface area contributed by atoms with Crippen molar-refractivity contribution in [2.45, 2.75) is 6.42 Å². The molecule has 0 bridgehead atoms. The van der Waals surface area contributed by atoms with Gasteiger partial charge in [-0.1, -0.05) is 0 Å². The van der Waals surface area contributed by atoms with Gasteiger partial charge < -0.3 is 15.5 Å². The van der Waals surface area contributed by atoms with E-state index >= 15 is 0 Å². The molecule has 1 aromatic carbocycles. The highest BCUT2D eigenvalue weighted by Crippen LogP contribution is 2.22. The average Bonchev–Trinajstić information content (AvgIpc) is 2.28. The topological polar surface area (TPSA) is 72.8 Å². The Morgan fingerprint density at radius 1 is 1.39 bits per heavy atom. The lowest BCUT2D eigenvalue weighted by molar-refractivity contribution is 0.0943. The van der Waals surface area contributed by atoms with Gasteiger partial charge in [0.2, 0.25) is 0 Å². The van der Waals surface area contributed by atoms with E-state index in [0.29, 0.717) is 0 Å². The zero-order chi connectivity index (χ0) is 13.5. The Bertz CT molecular complexity index is 407. The van der Waals surface area contributed by atoms with Gasteiger partial charge in [0.05, 0.1) is 12.1 Å². The van der Waals surface area contributed by atoms with Crippen molar-refractivity contribution in [1.82, 2.24) is 10.2 Å². The molecule has 0 unspecified atom stereocenters. The molecule has 5 nitrogen and oxygen atoms in total. The summed E-state index contributed by atoms with van der Waals surface area (Å²) in [5, 5.41) is 21.8. The van der Waals surface area contributed by atoms with E-state index in [0.717, 1.165) is 19.5 Å². The summed E-state index contributed by atoms with van der Waals surface area (Å²) in [4.78, 5) is 13.8. The summed E-state index contributed by atoms with van der Waals surface area (Å²) >= 11 is 0. The smallest absolute Gasteiger partial charge is 0.180 e. The number of carbonyl (C=O) groups excluding carboxylic acids is 1. The molecule has 0 atom stereocenters. The number of likely N-dealkylation sites (N-methyl/N-ethyl adjacent to an activating group) is 1. The molecular formula is C13H20N2O3. The van der Waals surface area contributed by atoms with E-state index in [9.17, 15) is 9.90 Å². The minimum absolute atomic E-state index is 0.0496. The van der Waals surface area contributed by atoms with Crippen LogP contribution in [0.1, 0.15) is 16.8 Å². The quantitative estimate of drug-likeness (QED) is 0.495. The first kappa shape index (κ1) is 14.5. The third-order valence-electron chi connectivity index (χ3n) is 2.66. The average molecular weight is 252 g/mol. The summed E-state index contributed by atoms with van der Waals surface area (Å²) in [5.41, 5.74) is 0.244. The zero-order valence-electron chi connectivity index (χ0n) is 10.8. The Balaban J connectivity index is 2.54. The molecule has 0 fully saturated rings. The number of ketones is 1. The van der Waals surface area contributed by atoms with Gasteiger partial charge in [-0.3, -0.25) is 9.69 Å². The highest BCUT2D eigenvalue weighted by atomic mass is 16.3. The van der Waals surface area contributed by atoms with Crippen LogP contribution in [0.2, 0.25) is 0 Å². The van der Waals surface area contributed by atoms with Crippen molar-refractivity contribution in [2.75, 3.05) is 33.7 Å². The molecule has 5 heteroatoms. The fourth-order valence-corrected chi connectivity index (χ4v) is 1.69. The first-order valence-electron chi connectivity index (χ1n) is 5.93. The van der Waals surface area contributed by atoms with Gasteiger partial charge in [0.25, 0.3) is 0 Å². The van der Waals surface area contributed by atoms with E-state index in [1.165, 1.54) is 18.2 Å². The lowest BCUT2D eigenvalue weighted by Crippen LogP contribution is -2.28. The summed E-state index contributed by atoms with van der Waals surface area (Å²) in [7, 11) is 3.75. The molecule has 3 N–H and O–H groups in total. The zero-order valence-corrected chi connectivity index (χ0v) is 10.8. The van der Waals surface area contributed by atoms with Crippen LogP contribution in [0.5, 0.6) is 11.5 Å². The maximum atomic E-state index is 11.9. The van der Waals surface area contributed by atoms with E-state index < -0.39 is 0 Å². The van der Waals surface area contributed by atoms with Crippen LogP contribution in [0.4, 0.5) is 0 Å². The van der Waals surface area contributed by atoms with Crippen LogP contribution in [0.15, 0.2) is 18.2 Å². The van der Waals surface area contributed by atoms with Gasteiger partial charge in [0.15, 0.2) is 5.78 Å². The van der Waals surface area contributed by atoms with Crippen LogP contribution in [-0.2, 0) is 0 Å². The number of nitrogens with one attached hydrogen (secondary N) is 1. The molecule has 18 heavy (non-hydrogen) atoms. The van der Waals surface area contributed by atoms with Crippen LogP contribution in [0, 0.1) is 0 Å². The predicted octanol–water partition coefficient (Wildman–Crippen LogP) is 0.822. The SMILES string of the molecule is CNCCCN(C)CC(=O)c1ccc(O)cc1O. The molecular weight excluding hydrogens is 232 g/mol. The number of hydrogen-bond donors (Lipinski definition) is 3. The lowest BCUT2D eigenvalue weighted by atomic mass is 10.1. The summed E-state index contributed by atoms with van der Waals surface area (Å²) in [6.45, 7) is 1.97. The number of hydrogen-bond acceptors (Lipinski definition) is 5. The van der Waals surface area contributed by atoms with Gasteiger partial charge in [-0.05, 0) is 45.7 Å². The van der Waals surface area contributed by atoms with Crippen LogP contribution < -0.4 is 5.32 Å². The second kappa shape index (κ2) is 6.98. The standard InChI is InChI=1S/C13H20N2O3/c1-14-6-3-7-15(2)9-13(18)11-5-4-10(16)8-12(11)17/h4-5,8,14,16-17H,3,6-7,9H2,1-2H3. The number of carbonyl (C=O) groups is 1. The van der Waals surface area contributed by atoms with E-state index in [2.05, 4.69) is 5.32 Å². The number of benzene rings is 1. The molecule has 0 aliphatic heterocycles. The lowest BCUT2D eigenvalue weighted by Gasteiger charge is -2.15. The van der Waals surface area contributed by atoms with Gasteiger partial charge in [0.1, 0.15) is 11.5 Å². The molecule has 0 spiro atoms. The predicted molar refractivity (Wildman–Crippen MR) is 70.1 cm³/mol. The number of nitrogens with zero attached hydrogens (tertiary/aromatic N) is 1. The van der Waals surface area contributed by atoms with Crippen molar-refractivity contribution in [3.8, 4) is 11.5 Å². The third kappa shape index (κ3) is 4.35. The van der Waals surface area contributed by atoms with Crippen LogP contribution in [0.25, 0.3) is 0 Å². The van der Waals surface area contributed by atoms with E-state index in [-0.39, 0.29) is 29.4 Å². The van der Waals surface area contributed by atoms with Crippen LogP contribution >= 0.6 is 0 Å². The molecule has 0 amide bonds. The van der Waals surface area contributed by atoms with Gasteiger partial charge >= 0.3 is 0 Å². The first-order valence-corrected chi connectivity index (χ1v) is 5.93. The van der Waals surface area contributed by atoms with Gasteiger partial charge in [-0.15, -0.1) is 0 Å². The minimum Gasteiger partial charge on any atom is -0.508 e. The van der Waals surface area contributed by atoms with Crippen molar-refractivity contribution >= 4 is 5.78 Å². The number of aromatic hydroxyl groups is 2. The second-order valence-corrected chi connectivity index (χ2v) is 4.32. The number of rotatable bonds is 7.